The number of carboxylic acids is 3. The van der Waals surface area contributed by atoms with Crippen molar-refractivity contribution in [1.29, 1.82) is 0 Å². The molecule has 0 saturated carbocycles. The maximum atomic E-state index is 11.4. The number of hydrogen-bond donors (Lipinski definition) is 3. The van der Waals surface area contributed by atoms with E-state index in [1.807, 2.05) is 99.9 Å². The number of aromatic nitrogens is 10. The second-order valence-corrected chi connectivity index (χ2v) is 19.0. The van der Waals surface area contributed by atoms with E-state index in [0.717, 1.165) is 62.9 Å². The van der Waals surface area contributed by atoms with Crippen molar-refractivity contribution in [2.45, 2.75) is 41.0 Å². The van der Waals surface area contributed by atoms with Gasteiger partial charge in [-0.2, -0.15) is 6.20 Å². The van der Waals surface area contributed by atoms with Gasteiger partial charge in [0.1, 0.15) is 0 Å². The van der Waals surface area contributed by atoms with Gasteiger partial charge in [-0.15, -0.1) is 12.2 Å². The number of para-hydroxylation sites is 4. The molecule has 20 nitrogen and oxygen atoms in total. The third-order valence-corrected chi connectivity index (χ3v) is 13.4. The summed E-state index contributed by atoms with van der Waals surface area (Å²) in [6, 6.07) is 37.0. The van der Waals surface area contributed by atoms with E-state index in [1.54, 1.807) is 0 Å². The maximum absolute atomic E-state index is 11.4. The molecule has 90 heavy (non-hydrogen) atoms. The third kappa shape index (κ3) is 17.4. The minimum absolute atomic E-state index is 0. The Kier molecular flexibility index (Phi) is 25.1. The van der Waals surface area contributed by atoms with Gasteiger partial charge in [-0.3, -0.25) is 29.9 Å². The van der Waals surface area contributed by atoms with Gasteiger partial charge in [0.15, 0.2) is 0 Å². The molecule has 454 valence electrons. The van der Waals surface area contributed by atoms with Gasteiger partial charge in [0.25, 0.3) is 0 Å². The number of methoxy groups -OCH3 is 1. The molecule has 0 spiro atoms. The van der Waals surface area contributed by atoms with Gasteiger partial charge < -0.3 is 51.0 Å². The Labute approximate surface area is 543 Å². The van der Waals surface area contributed by atoms with Crippen LogP contribution >= 0.6 is 0 Å². The van der Waals surface area contributed by atoms with E-state index in [4.69, 9.17) is 21.1 Å². The van der Waals surface area contributed by atoms with Crippen LogP contribution in [0.25, 0.3) is 90.1 Å². The first kappa shape index (κ1) is 68.6. The quantitative estimate of drug-likeness (QED) is 0.0940. The molecule has 11 aromatic rings. The standard InChI is InChI=1S/C14H8N4.C14H15N2.C13H10N2O4.C13H11N2.C12H8N2O4.C2H6.2Ru/c1-2-6-10-9(5-1)15-13(16-10)14-17-11-7-3-4-8-12(11)18-14;1-10(5-7-15)12-3-4-13-11(2)6-8-16-14(13)9-12;1-19-13(18)9-3-5-15-11(7-9)10-6-8(12(16)17)2-4-14-10;1-9-6-8-15-13-11(9)5-4-10-3-2-7-14-12(10)13;15-11(16)7-1-3-13-9(5-7)10-6-8(12(17)18)2-4-14-10;1-2;;/h1-8H;3-8,15H,9H2,1-2H3;2-7H,1H3,(H,16,17);2-7H,8H2,1H3;1-6H,(H,15,16)(H,17,18);1-2H3;;/q-2;-1;;-1;;;+1;+3/b;7-5-,12-10-;;;;;;. The zero-order valence-electron chi connectivity index (χ0n) is 49.4. The summed E-state index contributed by atoms with van der Waals surface area (Å²) >= 11 is 0. The van der Waals surface area contributed by atoms with Crippen LogP contribution in [-0.2, 0) is 50.1 Å². The molecule has 22 heteroatoms. The fourth-order valence-corrected chi connectivity index (χ4v) is 8.85. The van der Waals surface area contributed by atoms with Crippen LogP contribution in [0.15, 0.2) is 200 Å². The number of hydrogen-bond acceptors (Lipinski definition) is 13. The molecule has 2 aliphatic rings. The average Bonchev–Trinajstić information content (AvgIpc) is 1.24. The Morgan fingerprint density at radius 1 is 0.589 bits per heavy atom. The molecule has 3 aromatic carbocycles. The zero-order valence-corrected chi connectivity index (χ0v) is 52.9. The number of benzene rings is 3. The smallest absolute Gasteiger partial charge is 0.705 e. The number of aromatic carboxylic acids is 3. The number of imidazole rings is 2. The number of esters is 1. The van der Waals surface area contributed by atoms with Crippen molar-refractivity contribution < 1.29 is 78.2 Å². The molecule has 1 aliphatic carbocycles. The van der Waals surface area contributed by atoms with E-state index >= 15 is 0 Å². The van der Waals surface area contributed by atoms with Crippen molar-refractivity contribution >= 4 is 74.2 Å². The number of nitrogens with zero attached hydrogens (tertiary/aromatic N) is 11. The van der Waals surface area contributed by atoms with Crippen molar-refractivity contribution in [2.24, 2.45) is 0 Å². The van der Waals surface area contributed by atoms with Crippen LogP contribution in [0.1, 0.15) is 91.5 Å². The van der Waals surface area contributed by atoms with Crippen molar-refractivity contribution in [3.05, 3.63) is 256 Å². The van der Waals surface area contributed by atoms with Crippen molar-refractivity contribution in [2.75, 3.05) is 13.7 Å². The predicted octanol–water partition coefficient (Wildman–Crippen LogP) is 14.1. The van der Waals surface area contributed by atoms with Gasteiger partial charge in [0.2, 0.25) is 0 Å². The maximum Gasteiger partial charge on any atom is 3.00 e. The number of carboxylic acid groups (broad SMARTS) is 3. The number of nitrogens with one attached hydrogen (secondary N) is 1. The summed E-state index contributed by atoms with van der Waals surface area (Å²) in [4.78, 5) is 86.6. The fourth-order valence-electron chi connectivity index (χ4n) is 8.85. The third-order valence-electron chi connectivity index (χ3n) is 13.4. The zero-order chi connectivity index (χ0) is 62.7. The summed E-state index contributed by atoms with van der Waals surface area (Å²) in [6.07, 6.45) is 19.6. The van der Waals surface area contributed by atoms with E-state index in [2.05, 4.69) is 110 Å². The van der Waals surface area contributed by atoms with E-state index in [0.29, 0.717) is 40.0 Å². The van der Waals surface area contributed by atoms with E-state index < -0.39 is 23.9 Å². The Bertz CT molecular complexity index is 4290. The Hall–Kier alpha value is -10.6. The van der Waals surface area contributed by atoms with Gasteiger partial charge in [-0.25, -0.2) is 19.2 Å². The molecule has 9 heterocycles. The van der Waals surface area contributed by atoms with Crippen LogP contribution < -0.4 is 9.97 Å². The number of carbonyl (C=O) groups is 4. The summed E-state index contributed by atoms with van der Waals surface area (Å²) < 4.78 is 4.61. The summed E-state index contributed by atoms with van der Waals surface area (Å²) in [6.45, 7) is 11.0. The SMILES string of the molecule is CC.CC(/C=C\[NH-])=C1\C=Cc2c(C)ccnc2C1.CC1=CC[N-]c2c1ccc1cccnc21.COC(=O)c1ccnc(-c2cc(C(=O)O)ccn2)c1.O=C(O)c1ccnc(-c2cc(C(=O)O)ccn2)c1.[Ru+3].[Ru+].c1ccc2[n-]c(-c3nc4ccccc4[n-]3)nc2c1. The van der Waals surface area contributed by atoms with E-state index in [9.17, 15) is 19.2 Å². The van der Waals surface area contributed by atoms with Gasteiger partial charge in [0.05, 0.1) is 63.3 Å². The first-order chi connectivity index (χ1) is 42.7. The van der Waals surface area contributed by atoms with Crippen LogP contribution in [-0.4, -0.2) is 92.7 Å². The van der Waals surface area contributed by atoms with Crippen LogP contribution in [0, 0.1) is 6.92 Å². The summed E-state index contributed by atoms with van der Waals surface area (Å²) in [7, 11) is 1.28. The van der Waals surface area contributed by atoms with Gasteiger partial charge in [0, 0.05) is 43.6 Å². The van der Waals surface area contributed by atoms with Crippen molar-refractivity contribution in [3.8, 4) is 34.4 Å². The number of aryl methyl sites for hydroxylation is 1. The minimum atomic E-state index is -1.08. The normalized spacial score (nSPS) is 12.0. The molecule has 1 aliphatic heterocycles. The molecule has 0 bridgehead atoms. The molecule has 0 fully saturated rings. The molecule has 4 N–H and O–H groups in total. The van der Waals surface area contributed by atoms with Gasteiger partial charge in [-0.1, -0.05) is 122 Å². The van der Waals surface area contributed by atoms with Crippen LogP contribution in [0.3, 0.4) is 0 Å². The molecular formula is C68H58N12O8Ru2. The monoisotopic (exact) mass is 1370 g/mol. The van der Waals surface area contributed by atoms with E-state index in [1.165, 1.54) is 114 Å². The predicted molar refractivity (Wildman–Crippen MR) is 339 cm³/mol. The first-order valence-electron chi connectivity index (χ1n) is 27.5. The molecule has 2 radical (unpaired) electrons. The molecule has 0 amide bonds. The number of carbonyl (C=O) groups excluding carboxylic acids is 1. The fraction of sp³-hybridized carbons (Fsp3) is 0.118. The molecule has 0 atom stereocenters. The van der Waals surface area contributed by atoms with Gasteiger partial charge >= 0.3 is 62.8 Å². The Morgan fingerprint density at radius 3 is 1.57 bits per heavy atom. The largest absolute Gasteiger partial charge is 3.00 e. The first-order valence-corrected chi connectivity index (χ1v) is 27.5. The number of ether oxygens (including phenoxy) is 1. The number of pyridine rings is 6. The summed E-state index contributed by atoms with van der Waals surface area (Å²) in [5.74, 6) is -2.51. The Morgan fingerprint density at radius 2 is 1.08 bits per heavy atom. The van der Waals surface area contributed by atoms with Crippen molar-refractivity contribution in [1.82, 2.24) is 49.8 Å². The molecular weight excluding hydrogens is 1310 g/mol. The van der Waals surface area contributed by atoms with Gasteiger partial charge in [-0.05, 0) is 137 Å². The summed E-state index contributed by atoms with van der Waals surface area (Å²) in [5.41, 5.74) is 23.2. The summed E-state index contributed by atoms with van der Waals surface area (Å²) in [5, 5.41) is 32.3. The minimum Gasteiger partial charge on any atom is -0.705 e. The Balaban J connectivity index is 0.000000177. The van der Waals surface area contributed by atoms with Crippen LogP contribution in [0.5, 0.6) is 0 Å². The molecule has 13 rings (SSSR count). The average molecular weight is 1370 g/mol. The topological polar surface area (TPSA) is 307 Å². The molecule has 0 unspecified atom stereocenters. The second-order valence-electron chi connectivity index (χ2n) is 19.0. The van der Waals surface area contributed by atoms with Crippen molar-refractivity contribution in [3.63, 3.8) is 0 Å². The molecule has 8 aromatic heterocycles. The number of rotatable bonds is 8. The second kappa shape index (κ2) is 33.0. The van der Waals surface area contributed by atoms with Crippen LogP contribution in [0.4, 0.5) is 5.69 Å². The number of fused-ring (bicyclic) bond motifs is 6. The molecule has 0 saturated heterocycles. The van der Waals surface area contributed by atoms with Crippen LogP contribution in [0.2, 0.25) is 0 Å². The number of allylic oxidation sites excluding steroid dienone is 5. The van der Waals surface area contributed by atoms with E-state index in [-0.39, 0.29) is 55.6 Å².